The van der Waals surface area contributed by atoms with Gasteiger partial charge in [0.25, 0.3) is 0 Å². The maximum absolute atomic E-state index is 9.34. The van der Waals surface area contributed by atoms with Crippen LogP contribution in [0, 0.1) is 5.92 Å². The van der Waals surface area contributed by atoms with Gasteiger partial charge in [-0.1, -0.05) is 44.4 Å². The van der Waals surface area contributed by atoms with E-state index in [9.17, 15) is 5.11 Å². The van der Waals surface area contributed by atoms with Crippen molar-refractivity contribution < 1.29 is 5.11 Å². The maximum atomic E-state index is 9.34. The highest BCUT2D eigenvalue weighted by molar-refractivity contribution is 6.32. The third-order valence-electron chi connectivity index (χ3n) is 3.09. The van der Waals surface area contributed by atoms with Crippen molar-refractivity contribution in [2.24, 2.45) is 5.92 Å². The first-order valence-electron chi connectivity index (χ1n) is 6.69. The van der Waals surface area contributed by atoms with Crippen LogP contribution in [0.25, 0.3) is 0 Å². The summed E-state index contributed by atoms with van der Waals surface area (Å²) in [6.45, 7) is 7.53. The lowest BCUT2D eigenvalue weighted by Gasteiger charge is -2.14. The zero-order valence-corrected chi connectivity index (χ0v) is 12.3. The van der Waals surface area contributed by atoms with Gasteiger partial charge in [-0.15, -0.1) is 0 Å². The number of rotatable bonds is 7. The van der Waals surface area contributed by atoms with Crippen LogP contribution in [0.5, 0.6) is 5.75 Å². The Morgan fingerprint density at radius 2 is 1.94 bits per heavy atom. The molecule has 0 aromatic heterocycles. The molecule has 0 aliphatic rings. The molecule has 1 rings (SSSR count). The minimum absolute atomic E-state index is 0.144. The van der Waals surface area contributed by atoms with Crippen LogP contribution >= 0.6 is 11.6 Å². The SMILES string of the molecule is CC(C)CCCC(C)NCc1ccc(O)c(Cl)c1. The molecule has 0 amide bonds. The number of phenols is 1. The monoisotopic (exact) mass is 269 g/mol. The van der Waals surface area contributed by atoms with Crippen molar-refractivity contribution >= 4 is 11.6 Å². The largest absolute Gasteiger partial charge is 0.506 e. The molecule has 0 heterocycles. The van der Waals surface area contributed by atoms with Gasteiger partial charge in [0.05, 0.1) is 5.02 Å². The van der Waals surface area contributed by atoms with Gasteiger partial charge >= 0.3 is 0 Å². The lowest BCUT2D eigenvalue weighted by atomic mass is 10.0. The van der Waals surface area contributed by atoms with Crippen LogP contribution in [-0.2, 0) is 6.54 Å². The van der Waals surface area contributed by atoms with Gasteiger partial charge in [-0.2, -0.15) is 0 Å². The average Bonchev–Trinajstić information content (AvgIpc) is 2.30. The van der Waals surface area contributed by atoms with Gasteiger partial charge in [0.2, 0.25) is 0 Å². The number of hydrogen-bond acceptors (Lipinski definition) is 2. The van der Waals surface area contributed by atoms with Gasteiger partial charge in [-0.3, -0.25) is 0 Å². The Hall–Kier alpha value is -0.730. The van der Waals surface area contributed by atoms with Gasteiger partial charge in [0.1, 0.15) is 5.75 Å². The Labute approximate surface area is 115 Å². The summed E-state index contributed by atoms with van der Waals surface area (Å²) in [6.07, 6.45) is 3.75. The topological polar surface area (TPSA) is 32.3 Å². The summed E-state index contributed by atoms with van der Waals surface area (Å²) < 4.78 is 0. The molecule has 1 aromatic carbocycles. The van der Waals surface area contributed by atoms with Gasteiger partial charge in [0.15, 0.2) is 0 Å². The first-order valence-corrected chi connectivity index (χ1v) is 7.07. The summed E-state index contributed by atoms with van der Waals surface area (Å²) in [4.78, 5) is 0. The van der Waals surface area contributed by atoms with Crippen molar-refractivity contribution in [1.29, 1.82) is 0 Å². The Morgan fingerprint density at radius 1 is 1.22 bits per heavy atom. The fraction of sp³-hybridized carbons (Fsp3) is 0.600. The third kappa shape index (κ3) is 5.74. The summed E-state index contributed by atoms with van der Waals surface area (Å²) >= 11 is 5.87. The molecular formula is C15H24ClNO. The fourth-order valence-electron chi connectivity index (χ4n) is 1.89. The second kappa shape index (κ2) is 7.65. The minimum Gasteiger partial charge on any atom is -0.506 e. The van der Waals surface area contributed by atoms with Crippen LogP contribution in [0.2, 0.25) is 5.02 Å². The first-order chi connectivity index (χ1) is 8.49. The van der Waals surface area contributed by atoms with E-state index in [0.717, 1.165) is 18.0 Å². The van der Waals surface area contributed by atoms with Crippen molar-refractivity contribution in [2.75, 3.05) is 0 Å². The fourth-order valence-corrected chi connectivity index (χ4v) is 2.09. The molecule has 0 spiro atoms. The predicted molar refractivity (Wildman–Crippen MR) is 78.1 cm³/mol. The number of nitrogens with one attached hydrogen (secondary N) is 1. The van der Waals surface area contributed by atoms with Crippen molar-refractivity contribution in [3.8, 4) is 5.75 Å². The first kappa shape index (κ1) is 15.3. The average molecular weight is 270 g/mol. The highest BCUT2D eigenvalue weighted by atomic mass is 35.5. The molecule has 18 heavy (non-hydrogen) atoms. The van der Waals surface area contributed by atoms with Gasteiger partial charge < -0.3 is 10.4 Å². The van der Waals surface area contributed by atoms with Crippen LogP contribution < -0.4 is 5.32 Å². The van der Waals surface area contributed by atoms with Crippen LogP contribution in [0.15, 0.2) is 18.2 Å². The number of benzene rings is 1. The smallest absolute Gasteiger partial charge is 0.134 e. The quantitative estimate of drug-likeness (QED) is 0.771. The molecule has 0 aliphatic heterocycles. The van der Waals surface area contributed by atoms with Crippen LogP contribution in [-0.4, -0.2) is 11.1 Å². The summed E-state index contributed by atoms with van der Waals surface area (Å²) in [6, 6.07) is 5.86. The van der Waals surface area contributed by atoms with E-state index in [0.29, 0.717) is 11.1 Å². The molecule has 0 radical (unpaired) electrons. The highest BCUT2D eigenvalue weighted by Crippen LogP contribution is 2.23. The summed E-state index contributed by atoms with van der Waals surface area (Å²) in [5.74, 6) is 0.929. The van der Waals surface area contributed by atoms with Crippen molar-refractivity contribution in [3.63, 3.8) is 0 Å². The van der Waals surface area contributed by atoms with Crippen molar-refractivity contribution in [3.05, 3.63) is 28.8 Å². The lowest BCUT2D eigenvalue weighted by molar-refractivity contribution is 0.456. The van der Waals surface area contributed by atoms with E-state index >= 15 is 0 Å². The maximum Gasteiger partial charge on any atom is 0.134 e. The molecule has 0 bridgehead atoms. The Bertz CT molecular complexity index is 366. The summed E-state index contributed by atoms with van der Waals surface area (Å²) in [5, 5.41) is 13.2. The van der Waals surface area contributed by atoms with E-state index in [1.165, 1.54) is 19.3 Å². The van der Waals surface area contributed by atoms with Crippen molar-refractivity contribution in [2.45, 2.75) is 52.6 Å². The Balaban J connectivity index is 2.29. The van der Waals surface area contributed by atoms with Crippen molar-refractivity contribution in [1.82, 2.24) is 5.32 Å². The van der Waals surface area contributed by atoms with Gasteiger partial charge in [-0.25, -0.2) is 0 Å². The molecule has 1 atom stereocenters. The number of aromatic hydroxyl groups is 1. The highest BCUT2D eigenvalue weighted by Gasteiger charge is 2.04. The molecule has 0 aliphatic carbocycles. The van der Waals surface area contributed by atoms with E-state index in [1.807, 2.05) is 12.1 Å². The lowest BCUT2D eigenvalue weighted by Crippen LogP contribution is -2.25. The van der Waals surface area contributed by atoms with E-state index in [2.05, 4.69) is 26.1 Å². The van der Waals surface area contributed by atoms with Crippen LogP contribution in [0.1, 0.15) is 45.6 Å². The molecule has 0 fully saturated rings. The van der Waals surface area contributed by atoms with Crippen LogP contribution in [0.4, 0.5) is 0 Å². The Kier molecular flexibility index (Phi) is 6.51. The van der Waals surface area contributed by atoms with E-state index in [1.54, 1.807) is 6.07 Å². The van der Waals surface area contributed by atoms with Gasteiger partial charge in [-0.05, 0) is 37.0 Å². The number of phenolic OH excluding ortho intramolecular Hbond substituents is 1. The third-order valence-corrected chi connectivity index (χ3v) is 3.39. The van der Waals surface area contributed by atoms with Gasteiger partial charge in [0, 0.05) is 12.6 Å². The molecule has 1 aromatic rings. The molecule has 3 heteroatoms. The van der Waals surface area contributed by atoms with Crippen LogP contribution in [0.3, 0.4) is 0 Å². The minimum atomic E-state index is 0.144. The van der Waals surface area contributed by atoms with E-state index < -0.39 is 0 Å². The summed E-state index contributed by atoms with van der Waals surface area (Å²) in [5.41, 5.74) is 1.11. The molecule has 2 nitrogen and oxygen atoms in total. The molecule has 102 valence electrons. The Morgan fingerprint density at radius 3 is 2.56 bits per heavy atom. The number of hydrogen-bond donors (Lipinski definition) is 2. The van der Waals surface area contributed by atoms with E-state index in [4.69, 9.17) is 11.6 Å². The zero-order valence-electron chi connectivity index (χ0n) is 11.5. The normalized spacial score (nSPS) is 12.9. The van der Waals surface area contributed by atoms with E-state index in [-0.39, 0.29) is 5.75 Å². The molecule has 0 saturated heterocycles. The standard InChI is InChI=1S/C15H24ClNO/c1-11(2)5-4-6-12(3)17-10-13-7-8-15(18)14(16)9-13/h7-9,11-12,17-18H,4-6,10H2,1-3H3. The second-order valence-electron chi connectivity index (χ2n) is 5.39. The summed E-state index contributed by atoms with van der Waals surface area (Å²) in [7, 11) is 0. The molecular weight excluding hydrogens is 246 g/mol. The predicted octanol–water partition coefficient (Wildman–Crippen LogP) is 4.35. The molecule has 0 saturated carbocycles. The second-order valence-corrected chi connectivity index (χ2v) is 5.80. The molecule has 2 N–H and O–H groups in total. The number of halogens is 1. The zero-order chi connectivity index (χ0) is 13.5. The molecule has 1 unspecified atom stereocenters.